The highest BCUT2D eigenvalue weighted by atomic mass is 32.2. The first kappa shape index (κ1) is 10.9. The maximum atomic E-state index is 10.1. The van der Waals surface area contributed by atoms with Gasteiger partial charge in [-0.25, -0.2) is 0 Å². The summed E-state index contributed by atoms with van der Waals surface area (Å²) >= 11 is 3.33. The van der Waals surface area contributed by atoms with E-state index in [1.165, 1.54) is 6.42 Å². The van der Waals surface area contributed by atoms with Gasteiger partial charge in [-0.15, -0.1) is 30.1 Å². The van der Waals surface area contributed by atoms with Crippen molar-refractivity contribution in [3.8, 4) is 0 Å². The second kappa shape index (κ2) is 6.09. The quantitative estimate of drug-likeness (QED) is 0.754. The summed E-state index contributed by atoms with van der Waals surface area (Å²) in [6.45, 7) is 7.63. The van der Waals surface area contributed by atoms with Crippen LogP contribution in [0.3, 0.4) is 0 Å². The van der Waals surface area contributed by atoms with Gasteiger partial charge < -0.3 is 5.11 Å². The van der Waals surface area contributed by atoms with E-state index in [4.69, 9.17) is 1.37 Å². The van der Waals surface area contributed by atoms with Crippen molar-refractivity contribution in [2.75, 3.05) is 11.5 Å². The Morgan fingerprint density at radius 1 is 1.50 bits per heavy atom. The van der Waals surface area contributed by atoms with Gasteiger partial charge in [0.25, 0.3) is 0 Å². The summed E-state index contributed by atoms with van der Waals surface area (Å²) in [6.07, 6.45) is 2.48. The molecular weight excluding hydrogens is 212 g/mol. The van der Waals surface area contributed by atoms with Crippen LogP contribution >= 0.6 is 23.5 Å². The Morgan fingerprint density at radius 2 is 2.07 bits per heavy atom. The molecule has 0 saturated carbocycles. The molecule has 1 saturated heterocycles. The minimum absolute atomic E-state index is 0.0270. The SMILES string of the molecule is [2H]C1(C(C)C(O)C(C)C=C)SCCCS1. The van der Waals surface area contributed by atoms with Crippen LogP contribution in [0, 0.1) is 11.8 Å². The molecule has 0 aromatic rings. The van der Waals surface area contributed by atoms with Crippen molar-refractivity contribution in [2.45, 2.75) is 30.9 Å². The van der Waals surface area contributed by atoms with E-state index < -0.39 is 10.7 Å². The lowest BCUT2D eigenvalue weighted by atomic mass is 9.95. The van der Waals surface area contributed by atoms with Crippen LogP contribution in [0.25, 0.3) is 0 Å². The van der Waals surface area contributed by atoms with Crippen molar-refractivity contribution in [1.82, 2.24) is 0 Å². The molecular formula is C11H20OS2. The molecule has 82 valence electrons. The van der Waals surface area contributed by atoms with Crippen LogP contribution < -0.4 is 0 Å². The smallest absolute Gasteiger partial charge is 0.0644 e. The average Bonchev–Trinajstić information content (AvgIpc) is 2.27. The second-order valence-corrected chi connectivity index (χ2v) is 6.28. The Kier molecular flexibility index (Phi) is 4.74. The predicted molar refractivity (Wildman–Crippen MR) is 67.9 cm³/mol. The van der Waals surface area contributed by atoms with Crippen LogP contribution in [0.2, 0.25) is 0 Å². The van der Waals surface area contributed by atoms with Gasteiger partial charge in [0.1, 0.15) is 0 Å². The molecule has 1 rings (SSSR count). The molecule has 0 aromatic heterocycles. The third-order valence-electron chi connectivity index (χ3n) is 2.57. The number of aliphatic hydroxyl groups excluding tert-OH is 1. The Bertz CT molecular complexity index is 217. The lowest BCUT2D eigenvalue weighted by Crippen LogP contribution is -2.31. The summed E-state index contributed by atoms with van der Waals surface area (Å²) in [5, 5.41) is 10.1. The van der Waals surface area contributed by atoms with Gasteiger partial charge in [0.15, 0.2) is 0 Å². The molecule has 0 aliphatic carbocycles. The zero-order valence-corrected chi connectivity index (χ0v) is 10.5. The standard InChI is InChI=1S/C11H20OS2/c1-4-8(2)10(12)9(3)11-13-6-5-7-14-11/h4,8-12H,1,5-7H2,2-3H3/i11D. The number of hydrogen-bond acceptors (Lipinski definition) is 3. The molecule has 0 amide bonds. The van der Waals surface area contributed by atoms with Crippen LogP contribution in [-0.2, 0) is 0 Å². The van der Waals surface area contributed by atoms with Gasteiger partial charge in [0.05, 0.1) is 12.0 Å². The summed E-state index contributed by atoms with van der Waals surface area (Å²) in [5.41, 5.74) is 0. The average molecular weight is 233 g/mol. The van der Waals surface area contributed by atoms with E-state index in [2.05, 4.69) is 6.58 Å². The molecule has 1 aliphatic rings. The Labute approximate surface area is 97.1 Å². The lowest BCUT2D eigenvalue weighted by molar-refractivity contribution is 0.0901. The van der Waals surface area contributed by atoms with Crippen LogP contribution in [0.1, 0.15) is 21.6 Å². The van der Waals surface area contributed by atoms with Gasteiger partial charge in [0.2, 0.25) is 0 Å². The number of hydrogen-bond donors (Lipinski definition) is 1. The van der Waals surface area contributed by atoms with Crippen molar-refractivity contribution in [3.63, 3.8) is 0 Å². The van der Waals surface area contributed by atoms with E-state index in [-0.39, 0.29) is 11.8 Å². The zero-order valence-electron chi connectivity index (χ0n) is 9.90. The van der Waals surface area contributed by atoms with E-state index in [1.54, 1.807) is 29.6 Å². The molecule has 0 spiro atoms. The van der Waals surface area contributed by atoms with Crippen molar-refractivity contribution in [1.29, 1.82) is 0 Å². The van der Waals surface area contributed by atoms with Crippen LogP contribution in [0.4, 0.5) is 0 Å². The fourth-order valence-electron chi connectivity index (χ4n) is 1.44. The largest absolute Gasteiger partial charge is 0.392 e. The Hall–Kier alpha value is 0.400. The summed E-state index contributed by atoms with van der Waals surface area (Å²) in [7, 11) is 0. The first-order chi connectivity index (χ1) is 7.01. The Balaban J connectivity index is 2.64. The van der Waals surface area contributed by atoms with Gasteiger partial charge >= 0.3 is 0 Å². The summed E-state index contributed by atoms with van der Waals surface area (Å²) < 4.78 is 7.78. The van der Waals surface area contributed by atoms with Gasteiger partial charge in [0, 0.05) is 5.92 Å². The van der Waals surface area contributed by atoms with Crippen LogP contribution in [-0.4, -0.2) is 27.3 Å². The van der Waals surface area contributed by atoms with Gasteiger partial charge in [-0.3, -0.25) is 0 Å². The van der Waals surface area contributed by atoms with E-state index in [1.807, 2.05) is 13.8 Å². The number of aliphatic hydroxyl groups is 1. The molecule has 14 heavy (non-hydrogen) atoms. The molecule has 3 unspecified atom stereocenters. The fraction of sp³-hybridized carbons (Fsp3) is 0.818. The first-order valence-electron chi connectivity index (χ1n) is 5.60. The molecule has 0 radical (unpaired) electrons. The molecule has 0 bridgehead atoms. The highest BCUT2D eigenvalue weighted by Gasteiger charge is 2.28. The molecule has 1 fully saturated rings. The lowest BCUT2D eigenvalue weighted by Gasteiger charge is -2.31. The molecule has 1 aliphatic heterocycles. The van der Waals surface area contributed by atoms with Crippen molar-refractivity contribution < 1.29 is 6.48 Å². The van der Waals surface area contributed by atoms with Crippen molar-refractivity contribution in [3.05, 3.63) is 12.7 Å². The molecule has 1 N–H and O–H groups in total. The van der Waals surface area contributed by atoms with Gasteiger partial charge in [-0.1, -0.05) is 19.9 Å². The maximum Gasteiger partial charge on any atom is 0.0644 e. The minimum Gasteiger partial charge on any atom is -0.392 e. The molecule has 3 atom stereocenters. The van der Waals surface area contributed by atoms with Crippen LogP contribution in [0.15, 0.2) is 12.7 Å². The fourth-order valence-corrected chi connectivity index (χ4v) is 4.24. The summed E-state index contributed by atoms with van der Waals surface area (Å²) in [4.78, 5) is 0. The predicted octanol–water partition coefficient (Wildman–Crippen LogP) is 3.00. The molecule has 1 nitrogen and oxygen atoms in total. The third-order valence-corrected chi connectivity index (χ3v) is 5.58. The Morgan fingerprint density at radius 3 is 2.57 bits per heavy atom. The van der Waals surface area contributed by atoms with E-state index in [9.17, 15) is 5.11 Å². The zero-order chi connectivity index (χ0) is 11.5. The van der Waals surface area contributed by atoms with E-state index in [0.717, 1.165) is 11.5 Å². The molecule has 3 heteroatoms. The van der Waals surface area contributed by atoms with E-state index >= 15 is 0 Å². The van der Waals surface area contributed by atoms with Gasteiger partial charge in [-0.05, 0) is 23.8 Å². The number of rotatable bonds is 4. The molecule has 1 heterocycles. The van der Waals surface area contributed by atoms with Crippen molar-refractivity contribution >= 4 is 23.5 Å². The van der Waals surface area contributed by atoms with E-state index in [0.29, 0.717) is 0 Å². The highest BCUT2D eigenvalue weighted by molar-refractivity contribution is 8.17. The van der Waals surface area contributed by atoms with Crippen LogP contribution in [0.5, 0.6) is 0 Å². The second-order valence-electron chi connectivity index (χ2n) is 3.74. The summed E-state index contributed by atoms with van der Waals surface area (Å²) in [6, 6.07) is 0. The summed E-state index contributed by atoms with van der Waals surface area (Å²) in [5.74, 6) is 2.11. The number of thioether (sulfide) groups is 2. The molecule has 0 aromatic carbocycles. The third kappa shape index (κ3) is 3.21. The monoisotopic (exact) mass is 233 g/mol. The van der Waals surface area contributed by atoms with Crippen molar-refractivity contribution in [2.24, 2.45) is 11.8 Å². The first-order valence-corrected chi connectivity index (χ1v) is 7.07. The van der Waals surface area contributed by atoms with Gasteiger partial charge in [-0.2, -0.15) is 0 Å². The maximum absolute atomic E-state index is 10.1. The minimum atomic E-state index is -0.574. The normalized spacial score (nSPS) is 28.6. The highest BCUT2D eigenvalue weighted by Crippen LogP contribution is 2.38. The topological polar surface area (TPSA) is 20.2 Å².